The van der Waals surface area contributed by atoms with Crippen LogP contribution in [0.1, 0.15) is 17.3 Å². The molecule has 0 saturated heterocycles. The number of benzene rings is 3. The molecule has 7 heteroatoms. The Morgan fingerprint density at radius 1 is 0.935 bits per heavy atom. The quantitative estimate of drug-likeness (QED) is 0.432. The first-order valence-electron chi connectivity index (χ1n) is 9.64. The van der Waals surface area contributed by atoms with Crippen molar-refractivity contribution >= 4 is 39.8 Å². The highest BCUT2D eigenvalue weighted by Gasteiger charge is 2.20. The maximum Gasteiger partial charge on any atom is 0.265 e. The van der Waals surface area contributed by atoms with Crippen LogP contribution in [0.2, 0.25) is 0 Å². The Morgan fingerprint density at radius 3 is 2.45 bits per heavy atom. The van der Waals surface area contributed by atoms with Crippen molar-refractivity contribution in [1.82, 2.24) is 0 Å². The highest BCUT2D eigenvalue weighted by Crippen LogP contribution is 2.36. The molecule has 3 aromatic carbocycles. The molecule has 0 aliphatic carbocycles. The lowest BCUT2D eigenvalue weighted by atomic mass is 10.1. The highest BCUT2D eigenvalue weighted by atomic mass is 16.5. The zero-order valence-electron chi connectivity index (χ0n) is 17.3. The molecule has 0 saturated carbocycles. The van der Waals surface area contributed by atoms with Crippen LogP contribution < -0.4 is 19.5 Å². The molecule has 0 aliphatic heterocycles. The van der Waals surface area contributed by atoms with E-state index in [9.17, 15) is 9.59 Å². The number of ether oxygens (including phenoxy) is 3. The zero-order chi connectivity index (χ0) is 22.0. The summed E-state index contributed by atoms with van der Waals surface area (Å²) in [5.41, 5.74) is 2.26. The molecule has 1 amide bonds. The number of methoxy groups -OCH3 is 2. The molecule has 1 atom stereocenters. The Balaban J connectivity index is 1.60. The number of para-hydroxylation sites is 1. The number of amides is 1. The van der Waals surface area contributed by atoms with E-state index in [2.05, 4.69) is 5.32 Å². The van der Waals surface area contributed by atoms with E-state index in [4.69, 9.17) is 18.6 Å². The molecule has 1 heterocycles. The molecule has 0 aliphatic rings. The number of aldehydes is 1. The van der Waals surface area contributed by atoms with Crippen LogP contribution in [-0.4, -0.2) is 32.5 Å². The Bertz CT molecular complexity index is 1280. The fourth-order valence-electron chi connectivity index (χ4n) is 3.36. The van der Waals surface area contributed by atoms with Gasteiger partial charge in [-0.1, -0.05) is 18.2 Å². The third kappa shape index (κ3) is 3.90. The maximum absolute atomic E-state index is 12.8. The second-order valence-corrected chi connectivity index (χ2v) is 6.92. The molecule has 0 fully saturated rings. The summed E-state index contributed by atoms with van der Waals surface area (Å²) < 4.78 is 22.4. The van der Waals surface area contributed by atoms with E-state index < -0.39 is 12.0 Å². The van der Waals surface area contributed by atoms with Crippen LogP contribution in [0.15, 0.2) is 59.0 Å². The lowest BCUT2D eigenvalue weighted by Gasteiger charge is -2.18. The SMILES string of the molecule is COc1cc2c(cc1NC(=O)[C@@H](C)Oc1cc(C=O)ccc1OC)oc1ccccc12. The molecule has 158 valence electrons. The van der Waals surface area contributed by atoms with Crippen LogP contribution in [0.25, 0.3) is 21.9 Å². The van der Waals surface area contributed by atoms with Gasteiger partial charge in [-0.2, -0.15) is 0 Å². The number of carbonyl (C=O) groups is 2. The Labute approximate surface area is 178 Å². The van der Waals surface area contributed by atoms with Crippen molar-refractivity contribution in [3.05, 3.63) is 60.2 Å². The molecule has 0 bridgehead atoms. The molecule has 1 N–H and O–H groups in total. The average Bonchev–Trinajstić information content (AvgIpc) is 3.15. The van der Waals surface area contributed by atoms with E-state index in [-0.39, 0.29) is 0 Å². The van der Waals surface area contributed by atoms with Crippen LogP contribution in [0, 0.1) is 0 Å². The van der Waals surface area contributed by atoms with Crippen molar-refractivity contribution in [2.75, 3.05) is 19.5 Å². The number of fused-ring (bicyclic) bond motifs is 3. The molecule has 0 radical (unpaired) electrons. The second-order valence-electron chi connectivity index (χ2n) is 6.92. The third-order valence-electron chi connectivity index (χ3n) is 4.95. The van der Waals surface area contributed by atoms with Gasteiger partial charge in [0.25, 0.3) is 5.91 Å². The molecular weight excluding hydrogens is 398 g/mol. The molecule has 0 unspecified atom stereocenters. The van der Waals surface area contributed by atoms with Crippen molar-refractivity contribution in [1.29, 1.82) is 0 Å². The van der Waals surface area contributed by atoms with Crippen LogP contribution in [0.5, 0.6) is 17.2 Å². The first-order chi connectivity index (χ1) is 15.0. The second kappa shape index (κ2) is 8.39. The van der Waals surface area contributed by atoms with Crippen LogP contribution in [0.3, 0.4) is 0 Å². The van der Waals surface area contributed by atoms with Gasteiger partial charge in [0.1, 0.15) is 23.2 Å². The number of furan rings is 1. The van der Waals surface area contributed by atoms with E-state index in [0.29, 0.717) is 40.4 Å². The van der Waals surface area contributed by atoms with Gasteiger partial charge < -0.3 is 23.9 Å². The van der Waals surface area contributed by atoms with E-state index in [1.54, 1.807) is 25.1 Å². The van der Waals surface area contributed by atoms with Gasteiger partial charge in [0, 0.05) is 22.4 Å². The summed E-state index contributed by atoms with van der Waals surface area (Å²) in [6, 6.07) is 16.0. The molecule has 4 rings (SSSR count). The summed E-state index contributed by atoms with van der Waals surface area (Å²) in [6.45, 7) is 1.61. The number of rotatable bonds is 7. The van der Waals surface area contributed by atoms with Crippen LogP contribution in [-0.2, 0) is 4.79 Å². The van der Waals surface area contributed by atoms with E-state index in [1.807, 2.05) is 30.3 Å². The first-order valence-corrected chi connectivity index (χ1v) is 9.64. The van der Waals surface area contributed by atoms with Crippen molar-refractivity contribution in [3.8, 4) is 17.2 Å². The predicted octanol–water partition coefficient (Wildman–Crippen LogP) is 4.82. The molecule has 1 aromatic heterocycles. The smallest absolute Gasteiger partial charge is 0.265 e. The average molecular weight is 419 g/mol. The monoisotopic (exact) mass is 419 g/mol. The largest absolute Gasteiger partial charge is 0.495 e. The number of anilines is 1. The van der Waals surface area contributed by atoms with E-state index in [0.717, 1.165) is 16.4 Å². The Morgan fingerprint density at radius 2 is 1.71 bits per heavy atom. The minimum absolute atomic E-state index is 0.300. The van der Waals surface area contributed by atoms with Crippen LogP contribution >= 0.6 is 0 Å². The summed E-state index contributed by atoms with van der Waals surface area (Å²) in [5.74, 6) is 0.827. The lowest BCUT2D eigenvalue weighted by molar-refractivity contribution is -0.122. The summed E-state index contributed by atoms with van der Waals surface area (Å²) in [7, 11) is 3.02. The van der Waals surface area contributed by atoms with Gasteiger partial charge in [0.2, 0.25) is 0 Å². The number of nitrogens with one attached hydrogen (secondary N) is 1. The highest BCUT2D eigenvalue weighted by molar-refractivity contribution is 6.08. The van der Waals surface area contributed by atoms with Crippen molar-refractivity contribution in [2.24, 2.45) is 0 Å². The number of hydrogen-bond donors (Lipinski definition) is 1. The van der Waals surface area contributed by atoms with Gasteiger partial charge in [0.15, 0.2) is 17.6 Å². The van der Waals surface area contributed by atoms with Gasteiger partial charge in [-0.15, -0.1) is 0 Å². The Kier molecular flexibility index (Phi) is 5.49. The summed E-state index contributed by atoms with van der Waals surface area (Å²) in [6.07, 6.45) is -0.170. The number of carbonyl (C=O) groups excluding carboxylic acids is 2. The molecule has 7 nitrogen and oxygen atoms in total. The summed E-state index contributed by atoms with van der Waals surface area (Å²) in [4.78, 5) is 23.9. The zero-order valence-corrected chi connectivity index (χ0v) is 17.3. The Hall–Kier alpha value is -4.00. The van der Waals surface area contributed by atoms with Gasteiger partial charge in [-0.05, 0) is 37.3 Å². The predicted molar refractivity (Wildman–Crippen MR) is 117 cm³/mol. The van der Waals surface area contributed by atoms with E-state index in [1.165, 1.54) is 20.3 Å². The van der Waals surface area contributed by atoms with Gasteiger partial charge in [0.05, 0.1) is 19.9 Å². The maximum atomic E-state index is 12.8. The van der Waals surface area contributed by atoms with Gasteiger partial charge >= 0.3 is 0 Å². The topological polar surface area (TPSA) is 87.0 Å². The fraction of sp³-hybridized carbons (Fsp3) is 0.167. The van der Waals surface area contributed by atoms with Gasteiger partial charge in [-0.25, -0.2) is 0 Å². The van der Waals surface area contributed by atoms with Crippen LogP contribution in [0.4, 0.5) is 5.69 Å². The first kappa shape index (κ1) is 20.3. The van der Waals surface area contributed by atoms with Crippen molar-refractivity contribution in [2.45, 2.75) is 13.0 Å². The molecule has 4 aromatic rings. The standard InChI is InChI=1S/C24H21NO6/c1-14(30-23-10-15(13-26)8-9-20(23)28-2)24(27)25-18-12-21-17(11-22(18)29-3)16-6-4-5-7-19(16)31-21/h4-14H,1-3H3,(H,25,27)/t14-/m1/s1. The normalized spacial score (nSPS) is 11.8. The van der Waals surface area contributed by atoms with Gasteiger partial charge in [-0.3, -0.25) is 9.59 Å². The van der Waals surface area contributed by atoms with E-state index >= 15 is 0 Å². The summed E-state index contributed by atoms with van der Waals surface area (Å²) >= 11 is 0. The minimum Gasteiger partial charge on any atom is -0.495 e. The van der Waals surface area contributed by atoms with Crippen molar-refractivity contribution < 1.29 is 28.2 Å². The lowest BCUT2D eigenvalue weighted by Crippen LogP contribution is -2.30. The molecule has 0 spiro atoms. The number of hydrogen-bond acceptors (Lipinski definition) is 6. The summed E-state index contributed by atoms with van der Waals surface area (Å²) in [5, 5.41) is 4.68. The van der Waals surface area contributed by atoms with Crippen molar-refractivity contribution in [3.63, 3.8) is 0 Å². The molecular formula is C24H21NO6. The fourth-order valence-corrected chi connectivity index (χ4v) is 3.36. The minimum atomic E-state index is -0.869. The third-order valence-corrected chi connectivity index (χ3v) is 4.95. The molecule has 31 heavy (non-hydrogen) atoms.